The SMILES string of the molecule is Nc1ccc(C(=O)N2CCC(Cc3ccccc3)CC2)c(O)c1. The van der Waals surface area contributed by atoms with Crippen LogP contribution >= 0.6 is 0 Å². The van der Waals surface area contributed by atoms with E-state index in [0.29, 0.717) is 17.2 Å². The van der Waals surface area contributed by atoms with Crippen molar-refractivity contribution in [2.24, 2.45) is 5.92 Å². The molecule has 1 saturated heterocycles. The Morgan fingerprint density at radius 2 is 1.83 bits per heavy atom. The van der Waals surface area contributed by atoms with Crippen LogP contribution < -0.4 is 5.73 Å². The van der Waals surface area contributed by atoms with Gasteiger partial charge in [0.05, 0.1) is 5.56 Å². The van der Waals surface area contributed by atoms with Crippen LogP contribution in [0.15, 0.2) is 48.5 Å². The molecule has 23 heavy (non-hydrogen) atoms. The summed E-state index contributed by atoms with van der Waals surface area (Å²) < 4.78 is 0. The van der Waals surface area contributed by atoms with Crippen LogP contribution in [0.25, 0.3) is 0 Å². The zero-order chi connectivity index (χ0) is 16.2. The normalized spacial score (nSPS) is 15.6. The first kappa shape index (κ1) is 15.4. The molecule has 2 aromatic rings. The van der Waals surface area contributed by atoms with Crippen molar-refractivity contribution < 1.29 is 9.90 Å². The molecule has 0 atom stereocenters. The predicted octanol–water partition coefficient (Wildman–Crippen LogP) is 3.07. The number of phenolic OH excluding ortho intramolecular Hbond substituents is 1. The highest BCUT2D eigenvalue weighted by atomic mass is 16.3. The number of rotatable bonds is 3. The van der Waals surface area contributed by atoms with Gasteiger partial charge in [-0.05, 0) is 42.9 Å². The second-order valence-electron chi connectivity index (χ2n) is 6.20. The second-order valence-corrected chi connectivity index (χ2v) is 6.20. The zero-order valence-corrected chi connectivity index (χ0v) is 13.1. The van der Waals surface area contributed by atoms with E-state index in [9.17, 15) is 9.90 Å². The Morgan fingerprint density at radius 3 is 2.48 bits per heavy atom. The molecular formula is C19H22N2O2. The van der Waals surface area contributed by atoms with Gasteiger partial charge in [0.2, 0.25) is 0 Å². The third-order valence-corrected chi connectivity index (χ3v) is 4.52. The molecule has 0 bridgehead atoms. The van der Waals surface area contributed by atoms with E-state index in [-0.39, 0.29) is 11.7 Å². The van der Waals surface area contributed by atoms with Crippen LogP contribution in [0.2, 0.25) is 0 Å². The van der Waals surface area contributed by atoms with E-state index in [1.54, 1.807) is 12.1 Å². The number of piperidine rings is 1. The fraction of sp³-hybridized carbons (Fsp3) is 0.316. The molecule has 2 aromatic carbocycles. The van der Waals surface area contributed by atoms with Crippen molar-refractivity contribution in [1.82, 2.24) is 4.90 Å². The lowest BCUT2D eigenvalue weighted by Crippen LogP contribution is -2.38. The Labute approximate surface area is 136 Å². The van der Waals surface area contributed by atoms with Crippen LogP contribution in [0, 0.1) is 5.92 Å². The summed E-state index contributed by atoms with van der Waals surface area (Å²) in [6.07, 6.45) is 3.06. The highest BCUT2D eigenvalue weighted by Gasteiger charge is 2.25. The van der Waals surface area contributed by atoms with Gasteiger partial charge < -0.3 is 15.7 Å². The molecular weight excluding hydrogens is 288 g/mol. The molecule has 1 fully saturated rings. The molecule has 0 unspecified atom stereocenters. The maximum absolute atomic E-state index is 12.5. The molecule has 1 heterocycles. The molecule has 4 heteroatoms. The molecule has 0 saturated carbocycles. The first-order valence-electron chi connectivity index (χ1n) is 8.05. The smallest absolute Gasteiger partial charge is 0.257 e. The van der Waals surface area contributed by atoms with Gasteiger partial charge in [0.15, 0.2) is 0 Å². The summed E-state index contributed by atoms with van der Waals surface area (Å²) >= 11 is 0. The second kappa shape index (κ2) is 6.73. The highest BCUT2D eigenvalue weighted by Crippen LogP contribution is 2.26. The number of benzene rings is 2. The third-order valence-electron chi connectivity index (χ3n) is 4.52. The number of aromatic hydroxyl groups is 1. The van der Waals surface area contributed by atoms with Crippen LogP contribution in [-0.2, 0) is 6.42 Å². The first-order valence-corrected chi connectivity index (χ1v) is 8.05. The number of amides is 1. The monoisotopic (exact) mass is 310 g/mol. The number of nitrogens with two attached hydrogens (primary N) is 1. The number of nitrogen functional groups attached to an aromatic ring is 1. The third kappa shape index (κ3) is 3.65. The lowest BCUT2D eigenvalue weighted by molar-refractivity contribution is 0.0687. The van der Waals surface area contributed by atoms with Gasteiger partial charge in [0.25, 0.3) is 5.91 Å². The zero-order valence-electron chi connectivity index (χ0n) is 13.1. The van der Waals surface area contributed by atoms with E-state index in [1.807, 2.05) is 11.0 Å². The highest BCUT2D eigenvalue weighted by molar-refractivity contribution is 5.97. The van der Waals surface area contributed by atoms with Gasteiger partial charge in [-0.25, -0.2) is 0 Å². The van der Waals surface area contributed by atoms with E-state index in [1.165, 1.54) is 11.6 Å². The van der Waals surface area contributed by atoms with E-state index < -0.39 is 0 Å². The Bertz CT molecular complexity index is 677. The van der Waals surface area contributed by atoms with Crippen LogP contribution in [0.5, 0.6) is 5.75 Å². The molecule has 1 amide bonds. The van der Waals surface area contributed by atoms with Crippen molar-refractivity contribution in [2.75, 3.05) is 18.8 Å². The van der Waals surface area contributed by atoms with Crippen molar-refractivity contribution in [3.05, 3.63) is 59.7 Å². The Morgan fingerprint density at radius 1 is 1.13 bits per heavy atom. The standard InChI is InChI=1S/C19H22N2O2/c20-16-6-7-17(18(22)13-16)19(23)21-10-8-15(9-11-21)12-14-4-2-1-3-5-14/h1-7,13,15,22H,8-12,20H2. The van der Waals surface area contributed by atoms with Gasteiger partial charge in [-0.3, -0.25) is 4.79 Å². The fourth-order valence-electron chi connectivity index (χ4n) is 3.19. The van der Waals surface area contributed by atoms with E-state index in [2.05, 4.69) is 24.3 Å². The Kier molecular flexibility index (Phi) is 4.51. The van der Waals surface area contributed by atoms with Crippen LogP contribution in [0.4, 0.5) is 5.69 Å². The minimum Gasteiger partial charge on any atom is -0.507 e. The van der Waals surface area contributed by atoms with Crippen LogP contribution in [0.3, 0.4) is 0 Å². The molecule has 3 rings (SSSR count). The average molecular weight is 310 g/mol. The molecule has 4 nitrogen and oxygen atoms in total. The van der Waals surface area contributed by atoms with Gasteiger partial charge >= 0.3 is 0 Å². The fourth-order valence-corrected chi connectivity index (χ4v) is 3.19. The van der Waals surface area contributed by atoms with Gasteiger partial charge in [-0.15, -0.1) is 0 Å². The number of hydrogen-bond donors (Lipinski definition) is 2. The molecule has 0 radical (unpaired) electrons. The summed E-state index contributed by atoms with van der Waals surface area (Å²) in [5, 5.41) is 9.91. The number of hydrogen-bond acceptors (Lipinski definition) is 3. The summed E-state index contributed by atoms with van der Waals surface area (Å²) in [5.41, 5.74) is 7.76. The molecule has 0 aliphatic carbocycles. The molecule has 1 aliphatic heterocycles. The Hall–Kier alpha value is -2.49. The number of likely N-dealkylation sites (tertiary alicyclic amines) is 1. The van der Waals surface area contributed by atoms with Crippen molar-refractivity contribution in [3.8, 4) is 5.75 Å². The van der Waals surface area contributed by atoms with Crippen molar-refractivity contribution in [3.63, 3.8) is 0 Å². The minimum atomic E-state index is -0.110. The van der Waals surface area contributed by atoms with Crippen LogP contribution in [0.1, 0.15) is 28.8 Å². The summed E-state index contributed by atoms with van der Waals surface area (Å²) in [6, 6.07) is 15.2. The molecule has 0 spiro atoms. The number of carbonyl (C=O) groups excluding carboxylic acids is 1. The Balaban J connectivity index is 1.59. The lowest BCUT2D eigenvalue weighted by Gasteiger charge is -2.32. The predicted molar refractivity (Wildman–Crippen MR) is 91.3 cm³/mol. The van der Waals surface area contributed by atoms with Crippen LogP contribution in [-0.4, -0.2) is 29.0 Å². The van der Waals surface area contributed by atoms with Gasteiger partial charge in [-0.2, -0.15) is 0 Å². The number of phenols is 1. The average Bonchev–Trinajstić information content (AvgIpc) is 2.56. The maximum atomic E-state index is 12.5. The number of nitrogens with zero attached hydrogens (tertiary/aromatic N) is 1. The summed E-state index contributed by atoms with van der Waals surface area (Å²) in [7, 11) is 0. The van der Waals surface area contributed by atoms with Gasteiger partial charge in [0.1, 0.15) is 5.75 Å². The maximum Gasteiger partial charge on any atom is 0.257 e. The summed E-state index contributed by atoms with van der Waals surface area (Å²) in [5.74, 6) is 0.462. The van der Waals surface area contributed by atoms with Crippen molar-refractivity contribution >= 4 is 11.6 Å². The largest absolute Gasteiger partial charge is 0.507 e. The van der Waals surface area contributed by atoms with Crippen molar-refractivity contribution in [1.29, 1.82) is 0 Å². The number of carbonyl (C=O) groups is 1. The molecule has 0 aromatic heterocycles. The minimum absolute atomic E-state index is 0.0404. The van der Waals surface area contributed by atoms with E-state index >= 15 is 0 Å². The van der Waals surface area contributed by atoms with Gasteiger partial charge in [0, 0.05) is 24.8 Å². The van der Waals surface area contributed by atoms with Gasteiger partial charge in [-0.1, -0.05) is 30.3 Å². The first-order chi connectivity index (χ1) is 11.1. The lowest BCUT2D eigenvalue weighted by atomic mass is 9.90. The van der Waals surface area contributed by atoms with Crippen molar-refractivity contribution in [2.45, 2.75) is 19.3 Å². The van der Waals surface area contributed by atoms with E-state index in [4.69, 9.17) is 5.73 Å². The molecule has 1 aliphatic rings. The topological polar surface area (TPSA) is 66.6 Å². The molecule has 3 N–H and O–H groups in total. The molecule has 120 valence electrons. The quantitative estimate of drug-likeness (QED) is 0.856. The van der Waals surface area contributed by atoms with E-state index in [0.717, 1.165) is 32.4 Å². The number of anilines is 1. The summed E-state index contributed by atoms with van der Waals surface area (Å²) in [6.45, 7) is 1.47. The summed E-state index contributed by atoms with van der Waals surface area (Å²) in [4.78, 5) is 14.3.